The molecule has 1 saturated heterocycles. The van der Waals surface area contributed by atoms with Crippen LogP contribution in [0.4, 0.5) is 11.4 Å². The van der Waals surface area contributed by atoms with Gasteiger partial charge in [-0.1, -0.05) is 13.0 Å². The molecule has 0 bridgehead atoms. The van der Waals surface area contributed by atoms with E-state index in [0.717, 1.165) is 38.4 Å². The van der Waals surface area contributed by atoms with Crippen LogP contribution in [-0.2, 0) is 4.74 Å². The molecule has 166 valence electrons. The van der Waals surface area contributed by atoms with Gasteiger partial charge in [0.2, 0.25) is 0 Å². The van der Waals surface area contributed by atoms with E-state index in [0.29, 0.717) is 35.8 Å². The molecule has 1 fully saturated rings. The molecule has 2 aromatic carbocycles. The quantitative estimate of drug-likeness (QED) is 0.651. The van der Waals surface area contributed by atoms with Crippen molar-refractivity contribution >= 4 is 23.3 Å². The summed E-state index contributed by atoms with van der Waals surface area (Å²) in [5, 5.41) is 3.00. The lowest BCUT2D eigenvalue weighted by molar-refractivity contribution is 0.0526. The molecule has 7 heteroatoms. The van der Waals surface area contributed by atoms with Gasteiger partial charge in [-0.25, -0.2) is 4.79 Å². The zero-order valence-electron chi connectivity index (χ0n) is 18.5. The van der Waals surface area contributed by atoms with Crippen molar-refractivity contribution in [3.8, 4) is 5.75 Å². The number of rotatable bonds is 8. The number of piperazine rings is 1. The Morgan fingerprint density at radius 3 is 2.39 bits per heavy atom. The Morgan fingerprint density at radius 2 is 1.71 bits per heavy atom. The molecule has 1 heterocycles. The minimum absolute atomic E-state index is 0.254. The number of nitrogens with zero attached hydrogens (tertiary/aromatic N) is 2. The topological polar surface area (TPSA) is 71.1 Å². The van der Waals surface area contributed by atoms with Crippen LogP contribution in [0.5, 0.6) is 5.75 Å². The van der Waals surface area contributed by atoms with Crippen molar-refractivity contribution in [1.29, 1.82) is 0 Å². The van der Waals surface area contributed by atoms with Crippen molar-refractivity contribution in [3.05, 3.63) is 53.6 Å². The van der Waals surface area contributed by atoms with Crippen molar-refractivity contribution in [2.75, 3.05) is 56.2 Å². The normalized spacial score (nSPS) is 14.2. The van der Waals surface area contributed by atoms with E-state index in [1.807, 2.05) is 19.1 Å². The number of likely N-dealkylation sites (N-methyl/N-ethyl adjacent to an activating group) is 1. The first-order valence-electron chi connectivity index (χ1n) is 10.9. The molecule has 1 aliphatic heterocycles. The summed E-state index contributed by atoms with van der Waals surface area (Å²) in [5.74, 6) is -0.0129. The third kappa shape index (κ3) is 5.76. The van der Waals surface area contributed by atoms with Crippen LogP contribution in [0.15, 0.2) is 42.5 Å². The second-order valence-electron chi connectivity index (χ2n) is 7.29. The molecule has 0 radical (unpaired) electrons. The lowest BCUT2D eigenvalue weighted by Gasteiger charge is -2.36. The Kier molecular flexibility index (Phi) is 7.89. The largest absolute Gasteiger partial charge is 0.494 e. The molecule has 7 nitrogen and oxygen atoms in total. The SMILES string of the molecule is CCOC(=O)c1ccc(N2CCN(CC)CC2)c(NC(=O)c2cccc(OCC)c2)c1. The highest BCUT2D eigenvalue weighted by atomic mass is 16.5. The second kappa shape index (κ2) is 10.8. The third-order valence-corrected chi connectivity index (χ3v) is 5.32. The predicted octanol–water partition coefficient (Wildman–Crippen LogP) is 3.66. The number of esters is 1. The van der Waals surface area contributed by atoms with Crippen molar-refractivity contribution < 1.29 is 19.1 Å². The Hall–Kier alpha value is -3.06. The van der Waals surface area contributed by atoms with Gasteiger partial charge in [0, 0.05) is 31.7 Å². The van der Waals surface area contributed by atoms with Gasteiger partial charge in [0.15, 0.2) is 0 Å². The number of anilines is 2. The first-order chi connectivity index (χ1) is 15.0. The number of nitrogens with one attached hydrogen (secondary N) is 1. The maximum Gasteiger partial charge on any atom is 0.338 e. The molecule has 3 rings (SSSR count). The van der Waals surface area contributed by atoms with Crippen LogP contribution in [0, 0.1) is 0 Å². The van der Waals surface area contributed by atoms with Gasteiger partial charge in [-0.3, -0.25) is 4.79 Å². The van der Waals surface area contributed by atoms with E-state index < -0.39 is 5.97 Å². The van der Waals surface area contributed by atoms with E-state index in [2.05, 4.69) is 22.0 Å². The van der Waals surface area contributed by atoms with Crippen molar-refractivity contribution in [1.82, 2.24) is 4.90 Å². The maximum absolute atomic E-state index is 13.0. The fourth-order valence-corrected chi connectivity index (χ4v) is 3.65. The number of carbonyl (C=O) groups is 2. The zero-order valence-corrected chi connectivity index (χ0v) is 18.5. The van der Waals surface area contributed by atoms with Gasteiger partial charge in [0.25, 0.3) is 5.91 Å². The van der Waals surface area contributed by atoms with Crippen LogP contribution in [-0.4, -0.2) is 62.7 Å². The van der Waals surface area contributed by atoms with Gasteiger partial charge in [-0.05, 0) is 56.8 Å². The standard InChI is InChI=1S/C24H31N3O4/c1-4-26-12-14-27(15-13-26)22-11-10-19(24(29)31-6-3)17-21(22)25-23(28)18-8-7-9-20(16-18)30-5-2/h7-11,16-17H,4-6,12-15H2,1-3H3,(H,25,28). The van der Waals surface area contributed by atoms with Crippen LogP contribution in [0.2, 0.25) is 0 Å². The number of carbonyl (C=O) groups excluding carboxylic acids is 2. The minimum Gasteiger partial charge on any atom is -0.494 e. The van der Waals surface area contributed by atoms with Crippen molar-refractivity contribution in [2.45, 2.75) is 20.8 Å². The maximum atomic E-state index is 13.0. The van der Waals surface area contributed by atoms with E-state index >= 15 is 0 Å². The van der Waals surface area contributed by atoms with Crippen LogP contribution in [0.3, 0.4) is 0 Å². The first kappa shape index (κ1) is 22.6. The third-order valence-electron chi connectivity index (χ3n) is 5.32. The van der Waals surface area contributed by atoms with Gasteiger partial charge in [-0.2, -0.15) is 0 Å². The van der Waals surface area contributed by atoms with Crippen LogP contribution in [0.1, 0.15) is 41.5 Å². The van der Waals surface area contributed by atoms with Gasteiger partial charge in [0.05, 0.1) is 30.2 Å². The fraction of sp³-hybridized carbons (Fsp3) is 0.417. The molecule has 1 amide bonds. The monoisotopic (exact) mass is 425 g/mol. The second-order valence-corrected chi connectivity index (χ2v) is 7.29. The summed E-state index contributed by atoms with van der Waals surface area (Å²) in [6, 6.07) is 12.4. The number of hydrogen-bond acceptors (Lipinski definition) is 6. The molecule has 0 aliphatic carbocycles. The summed E-state index contributed by atoms with van der Waals surface area (Å²) >= 11 is 0. The summed E-state index contributed by atoms with van der Waals surface area (Å²) in [6.07, 6.45) is 0. The molecule has 0 atom stereocenters. The lowest BCUT2D eigenvalue weighted by Crippen LogP contribution is -2.46. The van der Waals surface area contributed by atoms with Crippen LogP contribution >= 0.6 is 0 Å². The summed E-state index contributed by atoms with van der Waals surface area (Å²) < 4.78 is 10.7. The van der Waals surface area contributed by atoms with E-state index in [1.165, 1.54) is 0 Å². The molecule has 2 aromatic rings. The highest BCUT2D eigenvalue weighted by Gasteiger charge is 2.21. The van der Waals surface area contributed by atoms with E-state index in [-0.39, 0.29) is 5.91 Å². The molecule has 0 saturated carbocycles. The van der Waals surface area contributed by atoms with E-state index in [9.17, 15) is 9.59 Å². The molecule has 1 N–H and O–H groups in total. The smallest absolute Gasteiger partial charge is 0.338 e. The summed E-state index contributed by atoms with van der Waals surface area (Å²) in [7, 11) is 0. The molecular formula is C24H31N3O4. The van der Waals surface area contributed by atoms with Gasteiger partial charge in [-0.15, -0.1) is 0 Å². The Balaban J connectivity index is 1.88. The number of amides is 1. The average Bonchev–Trinajstić information content (AvgIpc) is 2.80. The van der Waals surface area contributed by atoms with E-state index in [4.69, 9.17) is 9.47 Å². The first-order valence-corrected chi connectivity index (χ1v) is 10.9. The summed E-state index contributed by atoms with van der Waals surface area (Å²) in [5.41, 5.74) is 2.41. The van der Waals surface area contributed by atoms with E-state index in [1.54, 1.807) is 37.3 Å². The highest BCUT2D eigenvalue weighted by Crippen LogP contribution is 2.29. The lowest BCUT2D eigenvalue weighted by atomic mass is 10.1. The van der Waals surface area contributed by atoms with Crippen LogP contribution < -0.4 is 15.0 Å². The van der Waals surface area contributed by atoms with Gasteiger partial charge < -0.3 is 24.6 Å². The molecule has 0 aromatic heterocycles. The van der Waals surface area contributed by atoms with Crippen LogP contribution in [0.25, 0.3) is 0 Å². The van der Waals surface area contributed by atoms with Crippen molar-refractivity contribution in [2.24, 2.45) is 0 Å². The minimum atomic E-state index is -0.404. The molecule has 31 heavy (non-hydrogen) atoms. The molecule has 0 spiro atoms. The Morgan fingerprint density at radius 1 is 0.935 bits per heavy atom. The van der Waals surface area contributed by atoms with Gasteiger partial charge >= 0.3 is 5.97 Å². The fourth-order valence-electron chi connectivity index (χ4n) is 3.65. The Labute approximate surface area is 183 Å². The van der Waals surface area contributed by atoms with Crippen molar-refractivity contribution in [3.63, 3.8) is 0 Å². The zero-order chi connectivity index (χ0) is 22.2. The number of benzene rings is 2. The Bertz CT molecular complexity index is 907. The summed E-state index contributed by atoms with van der Waals surface area (Å²) in [4.78, 5) is 29.9. The molecule has 0 unspecified atom stereocenters. The average molecular weight is 426 g/mol. The molecule has 1 aliphatic rings. The predicted molar refractivity (Wildman–Crippen MR) is 122 cm³/mol. The summed E-state index contributed by atoms with van der Waals surface area (Å²) in [6.45, 7) is 11.3. The van der Waals surface area contributed by atoms with Gasteiger partial charge in [0.1, 0.15) is 5.75 Å². The number of hydrogen-bond donors (Lipinski definition) is 1. The highest BCUT2D eigenvalue weighted by molar-refractivity contribution is 6.07. The number of ether oxygens (including phenoxy) is 2. The molecular weight excluding hydrogens is 394 g/mol.